The quantitative estimate of drug-likeness (QED) is 0.418. The zero-order valence-corrected chi connectivity index (χ0v) is 19.3. The molecule has 0 bridgehead atoms. The third-order valence-electron chi connectivity index (χ3n) is 6.25. The van der Waals surface area contributed by atoms with E-state index in [1.165, 1.54) is 6.33 Å². The summed E-state index contributed by atoms with van der Waals surface area (Å²) in [5.74, 6) is 1.07. The van der Waals surface area contributed by atoms with Gasteiger partial charge in [0.05, 0.1) is 11.4 Å². The van der Waals surface area contributed by atoms with Gasteiger partial charge < -0.3 is 16.4 Å². The molecule has 1 aromatic carbocycles. The van der Waals surface area contributed by atoms with E-state index in [1.807, 2.05) is 28.9 Å². The van der Waals surface area contributed by atoms with Gasteiger partial charge >= 0.3 is 0 Å². The van der Waals surface area contributed by atoms with Gasteiger partial charge in [-0.2, -0.15) is 5.10 Å². The Labute approximate surface area is 197 Å². The average molecular weight is 457 g/mol. The second-order valence-electron chi connectivity index (χ2n) is 8.91. The van der Waals surface area contributed by atoms with Crippen LogP contribution in [0.4, 0.5) is 11.6 Å². The van der Waals surface area contributed by atoms with Crippen molar-refractivity contribution in [3.63, 3.8) is 0 Å². The maximum Gasteiger partial charge on any atom is 0.256 e. The van der Waals surface area contributed by atoms with Crippen LogP contribution >= 0.6 is 0 Å². The monoisotopic (exact) mass is 456 g/mol. The lowest BCUT2D eigenvalue weighted by Gasteiger charge is -2.23. The van der Waals surface area contributed by atoms with E-state index in [0.29, 0.717) is 23.1 Å². The molecule has 4 heterocycles. The molecule has 1 unspecified atom stereocenters. The first-order chi connectivity index (χ1) is 16.5. The highest BCUT2D eigenvalue weighted by atomic mass is 16.1. The van der Waals surface area contributed by atoms with Gasteiger partial charge in [-0.15, -0.1) is 0 Å². The molecule has 0 aliphatic carbocycles. The summed E-state index contributed by atoms with van der Waals surface area (Å²) >= 11 is 0. The number of pyridine rings is 1. The Balaban J connectivity index is 1.44. The highest BCUT2D eigenvalue weighted by Crippen LogP contribution is 2.33. The first-order valence-corrected chi connectivity index (χ1v) is 11.6. The van der Waals surface area contributed by atoms with Crippen LogP contribution in [-0.4, -0.2) is 43.7 Å². The number of nitrogens with two attached hydrogens (primary N) is 1. The number of carbonyl (C=O) groups excluding carboxylic acids is 1. The van der Waals surface area contributed by atoms with Crippen molar-refractivity contribution in [1.29, 1.82) is 0 Å². The van der Waals surface area contributed by atoms with Gasteiger partial charge in [-0.1, -0.05) is 26.0 Å². The SMILES string of the molecule is CC(C)c1ccnc(NC(=O)c2ccc(-c3nn(C4CCCNC4)c4ncnc(N)c34)cc2)c1. The molecule has 1 atom stereocenters. The number of amides is 1. The third kappa shape index (κ3) is 4.22. The van der Waals surface area contributed by atoms with Gasteiger partial charge in [0.25, 0.3) is 5.91 Å². The molecule has 174 valence electrons. The second kappa shape index (κ2) is 9.18. The van der Waals surface area contributed by atoms with Crippen LogP contribution < -0.4 is 16.4 Å². The number of benzene rings is 1. The van der Waals surface area contributed by atoms with Crippen molar-refractivity contribution in [3.05, 3.63) is 60.0 Å². The van der Waals surface area contributed by atoms with Crippen molar-refractivity contribution < 1.29 is 4.79 Å². The molecule has 3 aromatic heterocycles. The summed E-state index contributed by atoms with van der Waals surface area (Å²) < 4.78 is 1.96. The second-order valence-corrected chi connectivity index (χ2v) is 8.91. The number of nitrogens with zero attached hydrogens (tertiary/aromatic N) is 5. The summed E-state index contributed by atoms with van der Waals surface area (Å²) in [4.78, 5) is 25.7. The molecule has 1 saturated heterocycles. The Hall–Kier alpha value is -3.85. The topological polar surface area (TPSA) is 124 Å². The molecular formula is C25H28N8O. The van der Waals surface area contributed by atoms with Crippen molar-refractivity contribution in [3.8, 4) is 11.3 Å². The van der Waals surface area contributed by atoms with Gasteiger partial charge in [-0.25, -0.2) is 19.6 Å². The normalized spacial score (nSPS) is 16.1. The summed E-state index contributed by atoms with van der Waals surface area (Å²) in [5.41, 5.74) is 10.2. The van der Waals surface area contributed by atoms with E-state index >= 15 is 0 Å². The number of aromatic nitrogens is 5. The molecule has 4 N–H and O–H groups in total. The maximum atomic E-state index is 12.8. The number of fused-ring (bicyclic) bond motifs is 1. The molecule has 0 saturated carbocycles. The Morgan fingerprint density at radius 1 is 1.18 bits per heavy atom. The number of rotatable bonds is 5. The van der Waals surface area contributed by atoms with E-state index in [-0.39, 0.29) is 11.9 Å². The minimum atomic E-state index is -0.216. The first kappa shape index (κ1) is 22.0. The third-order valence-corrected chi connectivity index (χ3v) is 6.25. The van der Waals surface area contributed by atoms with Crippen molar-refractivity contribution >= 4 is 28.6 Å². The van der Waals surface area contributed by atoms with Gasteiger partial charge in [0.15, 0.2) is 5.65 Å². The number of piperidine rings is 1. The number of nitrogen functional groups attached to an aromatic ring is 1. The molecule has 9 nitrogen and oxygen atoms in total. The number of hydrogen-bond donors (Lipinski definition) is 3. The maximum absolute atomic E-state index is 12.8. The summed E-state index contributed by atoms with van der Waals surface area (Å²) in [5, 5.41) is 11.9. The largest absolute Gasteiger partial charge is 0.383 e. The van der Waals surface area contributed by atoms with Gasteiger partial charge in [0.2, 0.25) is 0 Å². The van der Waals surface area contributed by atoms with Gasteiger partial charge in [0.1, 0.15) is 23.7 Å². The van der Waals surface area contributed by atoms with Crippen molar-refractivity contribution in [2.45, 2.75) is 38.6 Å². The smallest absolute Gasteiger partial charge is 0.256 e. The van der Waals surface area contributed by atoms with E-state index in [2.05, 4.69) is 39.4 Å². The van der Waals surface area contributed by atoms with Crippen LogP contribution in [0.5, 0.6) is 0 Å². The molecule has 1 aliphatic heterocycles. The Morgan fingerprint density at radius 3 is 2.74 bits per heavy atom. The van der Waals surface area contributed by atoms with Crippen LogP contribution in [0.25, 0.3) is 22.3 Å². The molecule has 1 fully saturated rings. The standard InChI is InChI=1S/C25H28N8O/c1-15(2)18-9-11-28-20(12-18)31-25(34)17-7-5-16(6-8-17)22-21-23(26)29-14-30-24(21)33(32-22)19-4-3-10-27-13-19/h5-9,11-12,14-15,19,27H,3-4,10,13H2,1-2H3,(H2,26,29,30)(H,28,31,34). The van der Waals surface area contributed by atoms with Crippen LogP contribution in [0.1, 0.15) is 54.6 Å². The van der Waals surface area contributed by atoms with E-state index in [0.717, 1.165) is 53.8 Å². The van der Waals surface area contributed by atoms with E-state index in [9.17, 15) is 4.79 Å². The minimum absolute atomic E-state index is 0.207. The highest BCUT2D eigenvalue weighted by Gasteiger charge is 2.23. The van der Waals surface area contributed by atoms with Gasteiger partial charge in [-0.05, 0) is 55.1 Å². The summed E-state index contributed by atoms with van der Waals surface area (Å²) in [7, 11) is 0. The molecule has 9 heteroatoms. The van der Waals surface area contributed by atoms with E-state index < -0.39 is 0 Å². The first-order valence-electron chi connectivity index (χ1n) is 11.6. The molecule has 34 heavy (non-hydrogen) atoms. The molecule has 4 aromatic rings. The Kier molecular flexibility index (Phi) is 5.93. The zero-order chi connectivity index (χ0) is 23.7. The molecule has 1 amide bonds. The van der Waals surface area contributed by atoms with Crippen LogP contribution in [0.15, 0.2) is 48.9 Å². The van der Waals surface area contributed by atoms with Crippen LogP contribution in [-0.2, 0) is 0 Å². The predicted octanol–water partition coefficient (Wildman–Crippen LogP) is 3.77. The van der Waals surface area contributed by atoms with Gasteiger partial charge in [-0.3, -0.25) is 4.79 Å². The number of carbonyl (C=O) groups is 1. The Bertz CT molecular complexity index is 1320. The summed E-state index contributed by atoms with van der Waals surface area (Å²) in [6, 6.07) is 11.4. The Morgan fingerprint density at radius 2 is 2.00 bits per heavy atom. The summed E-state index contributed by atoms with van der Waals surface area (Å²) in [6.07, 6.45) is 5.30. The average Bonchev–Trinajstić information content (AvgIpc) is 3.26. The minimum Gasteiger partial charge on any atom is -0.383 e. The molecule has 0 radical (unpaired) electrons. The van der Waals surface area contributed by atoms with Crippen LogP contribution in [0, 0.1) is 0 Å². The van der Waals surface area contributed by atoms with Crippen molar-refractivity contribution in [2.75, 3.05) is 24.1 Å². The lowest BCUT2D eigenvalue weighted by Crippen LogP contribution is -2.32. The molecule has 5 rings (SSSR count). The molecule has 0 spiro atoms. The zero-order valence-electron chi connectivity index (χ0n) is 19.3. The lowest BCUT2D eigenvalue weighted by molar-refractivity contribution is 0.102. The fraction of sp³-hybridized carbons (Fsp3) is 0.320. The van der Waals surface area contributed by atoms with Crippen LogP contribution in [0.2, 0.25) is 0 Å². The number of hydrogen-bond acceptors (Lipinski definition) is 7. The fourth-order valence-corrected chi connectivity index (χ4v) is 4.34. The van der Waals surface area contributed by atoms with Crippen LogP contribution in [0.3, 0.4) is 0 Å². The molecule has 1 aliphatic rings. The van der Waals surface area contributed by atoms with Crippen molar-refractivity contribution in [2.24, 2.45) is 0 Å². The lowest BCUT2D eigenvalue weighted by atomic mass is 10.0. The summed E-state index contributed by atoms with van der Waals surface area (Å²) in [6.45, 7) is 6.06. The highest BCUT2D eigenvalue weighted by molar-refractivity contribution is 6.04. The number of nitrogens with one attached hydrogen (secondary N) is 2. The predicted molar refractivity (Wildman–Crippen MR) is 133 cm³/mol. The van der Waals surface area contributed by atoms with Crippen molar-refractivity contribution in [1.82, 2.24) is 30.0 Å². The van der Waals surface area contributed by atoms with Gasteiger partial charge in [0, 0.05) is 23.9 Å². The van der Waals surface area contributed by atoms with E-state index in [1.54, 1.807) is 18.3 Å². The molecular weight excluding hydrogens is 428 g/mol. The van der Waals surface area contributed by atoms with E-state index in [4.69, 9.17) is 10.8 Å². The number of anilines is 2. The fourth-order valence-electron chi connectivity index (χ4n) is 4.34.